The average molecular weight is 340 g/mol. The van der Waals surface area contributed by atoms with Crippen LogP contribution in [0.3, 0.4) is 0 Å². The molecule has 1 aromatic carbocycles. The highest BCUT2D eigenvalue weighted by Gasteiger charge is 2.18. The van der Waals surface area contributed by atoms with Gasteiger partial charge < -0.3 is 10.1 Å². The molecule has 0 aliphatic heterocycles. The van der Waals surface area contributed by atoms with E-state index in [2.05, 4.69) is 11.4 Å². The van der Waals surface area contributed by atoms with E-state index in [4.69, 9.17) is 16.3 Å². The van der Waals surface area contributed by atoms with Gasteiger partial charge in [-0.2, -0.15) is 0 Å². The first-order valence-corrected chi connectivity index (χ1v) is 8.01. The summed E-state index contributed by atoms with van der Waals surface area (Å²) in [5.74, 6) is -2.13. The minimum Gasteiger partial charge on any atom is -0.452 e. The van der Waals surface area contributed by atoms with E-state index in [1.165, 1.54) is 30.5 Å². The largest absolute Gasteiger partial charge is 0.452 e. The molecule has 2 rings (SSSR count). The first-order valence-electron chi connectivity index (χ1n) is 7.63. The van der Waals surface area contributed by atoms with E-state index < -0.39 is 24.3 Å². The standard InChI is InChI=1S/C17H19ClFNO3/c18-13-7-4-8-14(19)16(13)17(22)23-11-15(21)20-10-9-12-5-2-1-3-6-12/h4-5,7-8H,1-3,6,9-11H2,(H,20,21). The third-order valence-electron chi connectivity index (χ3n) is 3.65. The van der Waals surface area contributed by atoms with E-state index >= 15 is 0 Å². The Kier molecular flexibility index (Phi) is 6.59. The second kappa shape index (κ2) is 8.67. The summed E-state index contributed by atoms with van der Waals surface area (Å²) >= 11 is 5.76. The molecule has 1 aromatic rings. The van der Waals surface area contributed by atoms with E-state index in [0.717, 1.165) is 25.3 Å². The van der Waals surface area contributed by atoms with E-state index in [1.54, 1.807) is 0 Å². The van der Waals surface area contributed by atoms with Crippen LogP contribution in [0.2, 0.25) is 5.02 Å². The Bertz CT molecular complexity index is 596. The molecule has 0 fully saturated rings. The van der Waals surface area contributed by atoms with Crippen LogP contribution in [0.5, 0.6) is 0 Å². The number of rotatable bonds is 6. The minimum atomic E-state index is -0.946. The van der Waals surface area contributed by atoms with Crippen molar-refractivity contribution in [3.05, 3.63) is 46.3 Å². The summed E-state index contributed by atoms with van der Waals surface area (Å²) in [5, 5.41) is 2.64. The fourth-order valence-corrected chi connectivity index (χ4v) is 2.68. The molecule has 0 bridgehead atoms. The van der Waals surface area contributed by atoms with Crippen LogP contribution >= 0.6 is 11.6 Å². The molecule has 1 amide bonds. The van der Waals surface area contributed by atoms with Gasteiger partial charge in [0.2, 0.25) is 0 Å². The van der Waals surface area contributed by atoms with Crippen LogP contribution in [0.25, 0.3) is 0 Å². The van der Waals surface area contributed by atoms with Crippen LogP contribution in [0.1, 0.15) is 42.5 Å². The Morgan fingerprint density at radius 3 is 2.83 bits per heavy atom. The van der Waals surface area contributed by atoms with Crippen LogP contribution < -0.4 is 5.32 Å². The predicted molar refractivity (Wildman–Crippen MR) is 85.9 cm³/mol. The summed E-state index contributed by atoms with van der Waals surface area (Å²) in [6.45, 7) is 0.0468. The Labute approximate surface area is 139 Å². The molecular formula is C17H19ClFNO3. The number of carbonyl (C=O) groups is 2. The second-order valence-electron chi connectivity index (χ2n) is 5.38. The smallest absolute Gasteiger partial charge is 0.343 e. The van der Waals surface area contributed by atoms with Gasteiger partial charge in [0.05, 0.1) is 5.02 Å². The SMILES string of the molecule is O=C(COC(=O)c1c(F)cccc1Cl)NCCC1=CCCCC1. The summed E-state index contributed by atoms with van der Waals surface area (Å²) in [6.07, 6.45) is 7.63. The third kappa shape index (κ3) is 5.36. The molecule has 0 unspecified atom stereocenters. The fourth-order valence-electron chi connectivity index (χ4n) is 2.44. The highest BCUT2D eigenvalue weighted by Crippen LogP contribution is 2.20. The highest BCUT2D eigenvalue weighted by molar-refractivity contribution is 6.33. The molecule has 1 aliphatic rings. The molecule has 0 spiro atoms. The van der Waals surface area contributed by atoms with Crippen molar-refractivity contribution >= 4 is 23.5 Å². The molecule has 0 heterocycles. The van der Waals surface area contributed by atoms with E-state index in [9.17, 15) is 14.0 Å². The van der Waals surface area contributed by atoms with Crippen molar-refractivity contribution in [3.63, 3.8) is 0 Å². The van der Waals surface area contributed by atoms with Crippen molar-refractivity contribution in [2.24, 2.45) is 0 Å². The van der Waals surface area contributed by atoms with Gasteiger partial charge in [0.25, 0.3) is 5.91 Å². The molecule has 0 saturated carbocycles. The van der Waals surface area contributed by atoms with Gasteiger partial charge in [-0.3, -0.25) is 4.79 Å². The monoisotopic (exact) mass is 339 g/mol. The van der Waals surface area contributed by atoms with E-state index in [1.807, 2.05) is 0 Å². The molecule has 23 heavy (non-hydrogen) atoms. The van der Waals surface area contributed by atoms with Gasteiger partial charge in [-0.1, -0.05) is 29.3 Å². The molecule has 0 radical (unpaired) electrons. The van der Waals surface area contributed by atoms with Crippen molar-refractivity contribution in [1.29, 1.82) is 0 Å². The predicted octanol–water partition coefficient (Wildman–Crippen LogP) is 3.64. The molecule has 4 nitrogen and oxygen atoms in total. The molecule has 0 saturated heterocycles. The molecule has 0 aromatic heterocycles. The van der Waals surface area contributed by atoms with Crippen LogP contribution in [0.4, 0.5) is 4.39 Å². The normalized spacial score (nSPS) is 14.1. The fraction of sp³-hybridized carbons (Fsp3) is 0.412. The number of halogens is 2. The summed E-state index contributed by atoms with van der Waals surface area (Å²) < 4.78 is 18.3. The van der Waals surface area contributed by atoms with Crippen molar-refractivity contribution in [2.75, 3.05) is 13.2 Å². The Morgan fingerprint density at radius 1 is 1.30 bits per heavy atom. The first kappa shape index (κ1) is 17.5. The summed E-state index contributed by atoms with van der Waals surface area (Å²) in [6, 6.07) is 3.89. The summed E-state index contributed by atoms with van der Waals surface area (Å²) in [4.78, 5) is 23.4. The zero-order valence-corrected chi connectivity index (χ0v) is 13.5. The molecule has 1 aliphatic carbocycles. The third-order valence-corrected chi connectivity index (χ3v) is 3.97. The lowest BCUT2D eigenvalue weighted by Crippen LogP contribution is -2.30. The lowest BCUT2D eigenvalue weighted by atomic mass is 9.97. The van der Waals surface area contributed by atoms with Crippen molar-refractivity contribution in [2.45, 2.75) is 32.1 Å². The molecule has 6 heteroatoms. The first-order chi connectivity index (χ1) is 11.1. The number of ether oxygens (including phenoxy) is 1. The number of amides is 1. The number of nitrogens with one attached hydrogen (secondary N) is 1. The Balaban J connectivity index is 1.73. The Hall–Kier alpha value is -1.88. The maximum atomic E-state index is 13.5. The second-order valence-corrected chi connectivity index (χ2v) is 5.79. The van der Waals surface area contributed by atoms with Gasteiger partial charge in [-0.25, -0.2) is 9.18 Å². The number of allylic oxidation sites excluding steroid dienone is 1. The number of benzene rings is 1. The highest BCUT2D eigenvalue weighted by atomic mass is 35.5. The minimum absolute atomic E-state index is 0.0420. The zero-order valence-electron chi connectivity index (χ0n) is 12.7. The number of hydrogen-bond acceptors (Lipinski definition) is 3. The lowest BCUT2D eigenvalue weighted by molar-refractivity contribution is -0.124. The topological polar surface area (TPSA) is 55.4 Å². The van der Waals surface area contributed by atoms with Crippen molar-refractivity contribution < 1.29 is 18.7 Å². The number of carbonyl (C=O) groups excluding carboxylic acids is 2. The maximum Gasteiger partial charge on any atom is 0.343 e. The van der Waals surface area contributed by atoms with Crippen LogP contribution in [0.15, 0.2) is 29.8 Å². The van der Waals surface area contributed by atoms with Gasteiger partial charge >= 0.3 is 5.97 Å². The van der Waals surface area contributed by atoms with Crippen molar-refractivity contribution in [1.82, 2.24) is 5.32 Å². The van der Waals surface area contributed by atoms with Crippen molar-refractivity contribution in [3.8, 4) is 0 Å². The Morgan fingerprint density at radius 2 is 2.13 bits per heavy atom. The van der Waals surface area contributed by atoms with Gasteiger partial charge in [0.1, 0.15) is 11.4 Å². The van der Waals surface area contributed by atoms with E-state index in [-0.39, 0.29) is 10.6 Å². The molecule has 124 valence electrons. The number of hydrogen-bond donors (Lipinski definition) is 1. The quantitative estimate of drug-likeness (QED) is 0.636. The lowest BCUT2D eigenvalue weighted by Gasteiger charge is -2.13. The van der Waals surface area contributed by atoms with Crippen LogP contribution in [-0.4, -0.2) is 25.0 Å². The summed E-state index contributed by atoms with van der Waals surface area (Å²) in [5.41, 5.74) is 1.00. The average Bonchev–Trinajstić information content (AvgIpc) is 2.54. The van der Waals surface area contributed by atoms with Gasteiger partial charge in [-0.15, -0.1) is 0 Å². The molecule has 1 N–H and O–H groups in total. The van der Waals surface area contributed by atoms with Crippen LogP contribution in [-0.2, 0) is 9.53 Å². The zero-order chi connectivity index (χ0) is 16.7. The molecule has 0 atom stereocenters. The van der Waals surface area contributed by atoms with Crippen LogP contribution in [0, 0.1) is 5.82 Å². The van der Waals surface area contributed by atoms with Gasteiger partial charge in [-0.05, 0) is 44.2 Å². The maximum absolute atomic E-state index is 13.5. The molecular weight excluding hydrogens is 321 g/mol. The van der Waals surface area contributed by atoms with E-state index in [0.29, 0.717) is 6.54 Å². The summed E-state index contributed by atoms with van der Waals surface area (Å²) in [7, 11) is 0. The number of esters is 1. The van der Waals surface area contributed by atoms with Gasteiger partial charge in [0, 0.05) is 6.54 Å². The van der Waals surface area contributed by atoms with Gasteiger partial charge in [0.15, 0.2) is 6.61 Å².